The Kier molecular flexibility index (Phi) is 5.11. The Balaban J connectivity index is 1.83. The van der Waals surface area contributed by atoms with E-state index < -0.39 is 24.2 Å². The molecule has 12 heteroatoms. The van der Waals surface area contributed by atoms with Gasteiger partial charge in [0.2, 0.25) is 11.9 Å². The largest absolute Gasteiger partial charge is 0.405 e. The van der Waals surface area contributed by atoms with Gasteiger partial charge in [-0.05, 0) is 19.9 Å². The van der Waals surface area contributed by atoms with Crippen LogP contribution in [0.5, 0.6) is 0 Å². The van der Waals surface area contributed by atoms with E-state index in [1.807, 2.05) is 5.32 Å². The maximum atomic E-state index is 12.3. The lowest BCUT2D eigenvalue weighted by atomic mass is 10.1. The third-order valence-corrected chi connectivity index (χ3v) is 3.96. The third kappa shape index (κ3) is 4.47. The van der Waals surface area contributed by atoms with Gasteiger partial charge in [-0.3, -0.25) is 4.79 Å². The van der Waals surface area contributed by atoms with Gasteiger partial charge in [-0.2, -0.15) is 18.2 Å². The number of carbonyl (C=O) groups excluding carboxylic acids is 1. The number of hydrogen-bond donors (Lipinski definition) is 3. The molecule has 148 valence electrons. The zero-order chi connectivity index (χ0) is 20.5. The van der Waals surface area contributed by atoms with Crippen LogP contribution < -0.4 is 10.6 Å². The molecule has 3 rings (SSSR count). The zero-order valence-electron chi connectivity index (χ0n) is 14.7. The number of aromatic amines is 1. The molecule has 3 aromatic rings. The summed E-state index contributed by atoms with van der Waals surface area (Å²) in [6.07, 6.45) is -0.136. The quantitative estimate of drug-likeness (QED) is 0.593. The lowest BCUT2D eigenvalue weighted by molar-refractivity contribution is -0.140. The van der Waals surface area contributed by atoms with Crippen molar-refractivity contribution < 1.29 is 18.0 Å². The van der Waals surface area contributed by atoms with Crippen molar-refractivity contribution in [1.29, 1.82) is 0 Å². The van der Waals surface area contributed by atoms with Crippen molar-refractivity contribution in [3.8, 4) is 11.4 Å². The van der Waals surface area contributed by atoms with Crippen LogP contribution in [0, 0.1) is 0 Å². The number of rotatable bonds is 5. The van der Waals surface area contributed by atoms with E-state index in [9.17, 15) is 18.0 Å². The summed E-state index contributed by atoms with van der Waals surface area (Å²) >= 11 is 5.98. The van der Waals surface area contributed by atoms with E-state index in [1.54, 1.807) is 12.3 Å². The molecule has 0 aliphatic heterocycles. The van der Waals surface area contributed by atoms with Gasteiger partial charge in [-0.15, -0.1) is 0 Å². The molecule has 8 nitrogen and oxygen atoms in total. The first kappa shape index (κ1) is 19.8. The van der Waals surface area contributed by atoms with Gasteiger partial charge >= 0.3 is 6.18 Å². The second-order valence-corrected chi connectivity index (χ2v) is 6.87. The van der Waals surface area contributed by atoms with E-state index in [-0.39, 0.29) is 11.8 Å². The lowest BCUT2D eigenvalue weighted by Gasteiger charge is -2.25. The number of H-pyrrole nitrogens is 1. The van der Waals surface area contributed by atoms with Crippen molar-refractivity contribution in [2.24, 2.45) is 0 Å². The summed E-state index contributed by atoms with van der Waals surface area (Å²) in [6.45, 7) is 1.40. The Labute approximate surface area is 162 Å². The Morgan fingerprint density at radius 3 is 2.71 bits per heavy atom. The molecule has 0 aliphatic carbocycles. The van der Waals surface area contributed by atoms with Crippen molar-refractivity contribution in [3.63, 3.8) is 0 Å². The van der Waals surface area contributed by atoms with Crippen LogP contribution in [0.15, 0.2) is 24.8 Å². The Bertz CT molecular complexity index is 1020. The van der Waals surface area contributed by atoms with Crippen molar-refractivity contribution in [2.45, 2.75) is 25.6 Å². The summed E-state index contributed by atoms with van der Waals surface area (Å²) in [7, 11) is 0. The number of fused-ring (bicyclic) bond motifs is 1. The highest BCUT2D eigenvalue weighted by Crippen LogP contribution is 2.27. The third-order valence-electron chi connectivity index (χ3n) is 3.75. The van der Waals surface area contributed by atoms with Crippen LogP contribution in [0.2, 0.25) is 5.02 Å². The molecule has 28 heavy (non-hydrogen) atoms. The molecule has 0 radical (unpaired) electrons. The van der Waals surface area contributed by atoms with Crippen molar-refractivity contribution in [1.82, 2.24) is 30.2 Å². The van der Waals surface area contributed by atoms with Crippen LogP contribution in [0.4, 0.5) is 19.1 Å². The van der Waals surface area contributed by atoms with Gasteiger partial charge in [0.25, 0.3) is 0 Å². The number of halogens is 4. The van der Waals surface area contributed by atoms with Gasteiger partial charge < -0.3 is 15.6 Å². The van der Waals surface area contributed by atoms with Gasteiger partial charge in [-0.25, -0.2) is 15.0 Å². The molecule has 3 N–H and O–H groups in total. The first-order valence-electron chi connectivity index (χ1n) is 8.00. The topological polar surface area (TPSA) is 108 Å². The van der Waals surface area contributed by atoms with Gasteiger partial charge in [0.15, 0.2) is 5.82 Å². The number of nitrogens with zero attached hydrogens (tertiary/aromatic N) is 4. The molecule has 0 saturated carbocycles. The molecule has 0 saturated heterocycles. The molecule has 3 aromatic heterocycles. The van der Waals surface area contributed by atoms with Gasteiger partial charge in [0.05, 0.1) is 5.02 Å². The normalized spacial score (nSPS) is 12.2. The fourth-order valence-corrected chi connectivity index (χ4v) is 2.54. The van der Waals surface area contributed by atoms with E-state index in [2.05, 4.69) is 30.2 Å². The maximum Gasteiger partial charge on any atom is 0.405 e. The molecule has 1 amide bonds. The highest BCUT2D eigenvalue weighted by atomic mass is 35.5. The van der Waals surface area contributed by atoms with Crippen LogP contribution in [0.1, 0.15) is 13.8 Å². The number of alkyl halides is 3. The maximum absolute atomic E-state index is 12.3. The lowest BCUT2D eigenvalue weighted by Crippen LogP contribution is -2.50. The Morgan fingerprint density at radius 1 is 1.25 bits per heavy atom. The first-order chi connectivity index (χ1) is 13.0. The average molecular weight is 414 g/mol. The Hall–Kier alpha value is -2.95. The smallest absolute Gasteiger partial charge is 0.345 e. The number of nitrogens with one attached hydrogen (secondary N) is 3. The molecule has 0 atom stereocenters. The summed E-state index contributed by atoms with van der Waals surface area (Å²) in [5, 5.41) is 5.67. The fraction of sp³-hybridized carbons (Fsp3) is 0.312. The molecule has 3 heterocycles. The predicted molar refractivity (Wildman–Crippen MR) is 96.7 cm³/mol. The van der Waals surface area contributed by atoms with Crippen molar-refractivity contribution >= 4 is 34.5 Å². The molecular formula is C16H15ClF3N7O. The second-order valence-electron chi connectivity index (χ2n) is 6.43. The average Bonchev–Trinajstić information content (AvgIpc) is 3.01. The van der Waals surface area contributed by atoms with E-state index in [0.717, 1.165) is 0 Å². The minimum atomic E-state index is -4.50. The molecule has 0 bridgehead atoms. The van der Waals surface area contributed by atoms with Crippen LogP contribution >= 0.6 is 11.6 Å². The number of carbonyl (C=O) groups is 1. The standard InChI is InChI=1S/C16H15ClF3N7O/c1-15(2,13(28)23-6-16(18,19)20)27-14-25-7-24-12(26-14)10-5-22-11-9(10)3-8(17)4-21-11/h3-5,7H,6H2,1-2H3,(H,21,22)(H,23,28)(H,24,25,26,27). The van der Waals surface area contributed by atoms with Gasteiger partial charge in [0.1, 0.15) is 24.1 Å². The SMILES string of the molecule is CC(C)(Nc1ncnc(-c2c[nH]c3ncc(Cl)cc23)n1)C(=O)NCC(F)(F)F. The predicted octanol–water partition coefficient (Wildman–Crippen LogP) is 2.94. The van der Waals surface area contributed by atoms with Crippen LogP contribution in [0.25, 0.3) is 22.4 Å². The summed E-state index contributed by atoms with van der Waals surface area (Å²) < 4.78 is 36.9. The minimum absolute atomic E-state index is 0.0292. The molecule has 0 fully saturated rings. The molecule has 0 unspecified atom stereocenters. The van der Waals surface area contributed by atoms with Crippen LogP contribution in [0.3, 0.4) is 0 Å². The Morgan fingerprint density at radius 2 is 2.00 bits per heavy atom. The van der Waals surface area contributed by atoms with E-state index in [1.165, 1.54) is 26.4 Å². The summed E-state index contributed by atoms with van der Waals surface area (Å²) in [5.41, 5.74) is -0.203. The van der Waals surface area contributed by atoms with E-state index in [0.29, 0.717) is 21.6 Å². The number of anilines is 1. The summed E-state index contributed by atoms with van der Waals surface area (Å²) in [5.74, 6) is -0.546. The number of aromatic nitrogens is 5. The number of pyridine rings is 1. The summed E-state index contributed by atoms with van der Waals surface area (Å²) in [4.78, 5) is 31.5. The van der Waals surface area contributed by atoms with Gasteiger partial charge in [-0.1, -0.05) is 11.6 Å². The number of hydrogen-bond acceptors (Lipinski definition) is 6. The molecule has 0 aromatic carbocycles. The molecule has 0 spiro atoms. The molecular weight excluding hydrogens is 399 g/mol. The molecule has 0 aliphatic rings. The summed E-state index contributed by atoms with van der Waals surface area (Å²) in [6, 6.07) is 1.70. The second kappa shape index (κ2) is 7.23. The monoisotopic (exact) mass is 413 g/mol. The van der Waals surface area contributed by atoms with Gasteiger partial charge in [0, 0.05) is 23.3 Å². The first-order valence-corrected chi connectivity index (χ1v) is 8.38. The zero-order valence-corrected chi connectivity index (χ0v) is 15.5. The van der Waals surface area contributed by atoms with Crippen LogP contribution in [-0.4, -0.2) is 49.1 Å². The number of amides is 1. The minimum Gasteiger partial charge on any atom is -0.345 e. The highest BCUT2D eigenvalue weighted by molar-refractivity contribution is 6.31. The van der Waals surface area contributed by atoms with E-state index in [4.69, 9.17) is 11.6 Å². The van der Waals surface area contributed by atoms with Crippen LogP contribution in [-0.2, 0) is 4.79 Å². The van der Waals surface area contributed by atoms with Crippen molar-refractivity contribution in [2.75, 3.05) is 11.9 Å². The van der Waals surface area contributed by atoms with Crippen molar-refractivity contribution in [3.05, 3.63) is 29.8 Å². The fourth-order valence-electron chi connectivity index (χ4n) is 2.39. The highest BCUT2D eigenvalue weighted by Gasteiger charge is 2.33. The van der Waals surface area contributed by atoms with E-state index >= 15 is 0 Å².